The van der Waals surface area contributed by atoms with Crippen molar-refractivity contribution in [2.75, 3.05) is 4.43 Å². The Hall–Kier alpha value is -1.24. The van der Waals surface area contributed by atoms with E-state index < -0.39 is 11.7 Å². The average Bonchev–Trinajstić information content (AvgIpc) is 2.45. The molecule has 0 aliphatic heterocycles. The molecule has 0 atom stereocenters. The quantitative estimate of drug-likeness (QED) is 0.446. The summed E-state index contributed by atoms with van der Waals surface area (Å²) in [6, 6.07) is 12.4. The van der Waals surface area contributed by atoms with Gasteiger partial charge < -0.3 is 4.74 Å². The molecule has 21 heavy (non-hydrogen) atoms. The summed E-state index contributed by atoms with van der Waals surface area (Å²) in [5, 5.41) is 0. The fraction of sp³-hybridized carbons (Fsp3) is 0.250. The summed E-state index contributed by atoms with van der Waals surface area (Å²) in [7, 11) is 0. The minimum Gasteiger partial charge on any atom is -0.457 e. The van der Waals surface area contributed by atoms with E-state index in [1.807, 2.05) is 18.2 Å². The SMILES string of the molecule is FC(F)(F)c1cccc(Oc2cccc(CCCI)c2)c1. The van der Waals surface area contributed by atoms with Crippen LogP contribution in [0, 0.1) is 0 Å². The Labute approximate surface area is 135 Å². The minimum atomic E-state index is -4.36. The van der Waals surface area contributed by atoms with Gasteiger partial charge in [-0.1, -0.05) is 40.8 Å². The van der Waals surface area contributed by atoms with Crippen LogP contribution in [-0.4, -0.2) is 4.43 Å². The van der Waals surface area contributed by atoms with Crippen LogP contribution in [0.2, 0.25) is 0 Å². The maximum Gasteiger partial charge on any atom is 0.416 e. The highest BCUT2D eigenvalue weighted by molar-refractivity contribution is 14.1. The zero-order valence-corrected chi connectivity index (χ0v) is 13.3. The summed E-state index contributed by atoms with van der Waals surface area (Å²) in [4.78, 5) is 0. The Morgan fingerprint density at radius 3 is 2.29 bits per heavy atom. The van der Waals surface area contributed by atoms with Gasteiger partial charge in [-0.25, -0.2) is 0 Å². The van der Waals surface area contributed by atoms with E-state index in [-0.39, 0.29) is 5.75 Å². The lowest BCUT2D eigenvalue weighted by atomic mass is 10.1. The van der Waals surface area contributed by atoms with Crippen LogP contribution >= 0.6 is 22.6 Å². The van der Waals surface area contributed by atoms with Gasteiger partial charge in [0, 0.05) is 0 Å². The molecule has 5 heteroatoms. The molecule has 0 spiro atoms. The number of hydrogen-bond acceptors (Lipinski definition) is 1. The van der Waals surface area contributed by atoms with Gasteiger partial charge in [0.25, 0.3) is 0 Å². The molecule has 2 aromatic rings. The van der Waals surface area contributed by atoms with Gasteiger partial charge in [0.1, 0.15) is 11.5 Å². The molecule has 0 bridgehead atoms. The summed E-state index contributed by atoms with van der Waals surface area (Å²) >= 11 is 2.31. The van der Waals surface area contributed by atoms with Crippen LogP contribution in [0.15, 0.2) is 48.5 Å². The van der Waals surface area contributed by atoms with Crippen LogP contribution in [0.5, 0.6) is 11.5 Å². The van der Waals surface area contributed by atoms with Crippen molar-refractivity contribution in [2.24, 2.45) is 0 Å². The van der Waals surface area contributed by atoms with E-state index in [1.54, 1.807) is 6.07 Å². The van der Waals surface area contributed by atoms with Crippen molar-refractivity contribution in [2.45, 2.75) is 19.0 Å². The number of alkyl halides is 4. The smallest absolute Gasteiger partial charge is 0.416 e. The Kier molecular flexibility index (Phi) is 5.50. The van der Waals surface area contributed by atoms with E-state index >= 15 is 0 Å². The van der Waals surface area contributed by atoms with Crippen molar-refractivity contribution in [3.05, 3.63) is 59.7 Å². The van der Waals surface area contributed by atoms with Crippen molar-refractivity contribution < 1.29 is 17.9 Å². The van der Waals surface area contributed by atoms with E-state index in [4.69, 9.17) is 4.74 Å². The maximum atomic E-state index is 12.7. The molecule has 112 valence electrons. The largest absolute Gasteiger partial charge is 0.457 e. The Morgan fingerprint density at radius 1 is 0.952 bits per heavy atom. The topological polar surface area (TPSA) is 9.23 Å². The summed E-state index contributed by atoms with van der Waals surface area (Å²) in [5.41, 5.74) is 0.414. The molecule has 0 aliphatic carbocycles. The Morgan fingerprint density at radius 2 is 1.62 bits per heavy atom. The van der Waals surface area contributed by atoms with Crippen LogP contribution in [0.4, 0.5) is 13.2 Å². The standard InChI is InChI=1S/C16H14F3IO/c17-16(18,19)13-6-2-8-15(11-13)21-14-7-1-4-12(10-14)5-3-9-20/h1-2,4,6-8,10-11H,3,5,9H2. The van der Waals surface area contributed by atoms with Gasteiger partial charge in [-0.15, -0.1) is 0 Å². The first-order valence-corrected chi connectivity index (χ1v) is 8.01. The van der Waals surface area contributed by atoms with Gasteiger partial charge in [0.15, 0.2) is 0 Å². The highest BCUT2D eigenvalue weighted by Crippen LogP contribution is 2.32. The van der Waals surface area contributed by atoms with Crippen LogP contribution < -0.4 is 4.74 Å². The third-order valence-electron chi connectivity index (χ3n) is 2.89. The van der Waals surface area contributed by atoms with Crippen molar-refractivity contribution in [3.8, 4) is 11.5 Å². The molecule has 0 saturated carbocycles. The number of benzene rings is 2. The first-order chi connectivity index (χ1) is 9.99. The molecule has 0 saturated heterocycles. The first-order valence-electron chi connectivity index (χ1n) is 6.49. The first kappa shape index (κ1) is 16.1. The third-order valence-corrected chi connectivity index (χ3v) is 3.66. The highest BCUT2D eigenvalue weighted by atomic mass is 127. The molecular weight excluding hydrogens is 392 g/mol. The van der Waals surface area contributed by atoms with Gasteiger partial charge >= 0.3 is 6.18 Å². The number of halogens is 4. The van der Waals surface area contributed by atoms with E-state index in [2.05, 4.69) is 22.6 Å². The molecule has 0 aromatic heterocycles. The summed E-state index contributed by atoms with van der Waals surface area (Å²) < 4.78 is 44.6. The van der Waals surface area contributed by atoms with Crippen LogP contribution in [0.1, 0.15) is 17.5 Å². The van der Waals surface area contributed by atoms with Gasteiger partial charge in [-0.3, -0.25) is 0 Å². The van der Waals surface area contributed by atoms with Crippen molar-refractivity contribution in [1.82, 2.24) is 0 Å². The molecule has 2 rings (SSSR count). The second kappa shape index (κ2) is 7.15. The van der Waals surface area contributed by atoms with E-state index in [9.17, 15) is 13.2 Å². The predicted octanol–water partition coefficient (Wildman–Crippen LogP) is 5.87. The molecule has 0 amide bonds. The van der Waals surface area contributed by atoms with Crippen molar-refractivity contribution >= 4 is 22.6 Å². The molecule has 0 unspecified atom stereocenters. The van der Waals surface area contributed by atoms with Gasteiger partial charge in [-0.2, -0.15) is 13.2 Å². The number of aryl methyl sites for hydroxylation is 1. The predicted molar refractivity (Wildman–Crippen MR) is 85.2 cm³/mol. The second-order valence-electron chi connectivity index (χ2n) is 4.57. The second-order valence-corrected chi connectivity index (χ2v) is 5.65. The molecule has 2 aromatic carbocycles. The molecule has 0 N–H and O–H groups in total. The third kappa shape index (κ3) is 4.91. The highest BCUT2D eigenvalue weighted by Gasteiger charge is 2.30. The van der Waals surface area contributed by atoms with Gasteiger partial charge in [0.05, 0.1) is 5.56 Å². The lowest BCUT2D eigenvalue weighted by Gasteiger charge is -2.10. The normalized spacial score (nSPS) is 11.4. The Balaban J connectivity index is 2.14. The fourth-order valence-corrected chi connectivity index (χ4v) is 2.29. The lowest BCUT2D eigenvalue weighted by Crippen LogP contribution is -2.04. The molecule has 0 heterocycles. The van der Waals surface area contributed by atoms with Crippen molar-refractivity contribution in [1.29, 1.82) is 0 Å². The zero-order chi connectivity index (χ0) is 15.3. The van der Waals surface area contributed by atoms with E-state index in [1.165, 1.54) is 12.1 Å². The van der Waals surface area contributed by atoms with E-state index in [0.29, 0.717) is 5.75 Å². The molecular formula is C16H14F3IO. The number of ether oxygens (including phenoxy) is 1. The maximum absolute atomic E-state index is 12.7. The number of rotatable bonds is 5. The summed E-state index contributed by atoms with van der Waals surface area (Å²) in [5.74, 6) is 0.746. The lowest BCUT2D eigenvalue weighted by molar-refractivity contribution is -0.137. The molecule has 1 nitrogen and oxygen atoms in total. The molecule has 0 fully saturated rings. The molecule has 0 radical (unpaired) electrons. The monoisotopic (exact) mass is 406 g/mol. The summed E-state index contributed by atoms with van der Waals surface area (Å²) in [6.45, 7) is 0. The Bertz CT molecular complexity index is 596. The average molecular weight is 406 g/mol. The van der Waals surface area contributed by atoms with E-state index in [0.717, 1.165) is 35.0 Å². The van der Waals surface area contributed by atoms with Gasteiger partial charge in [0.2, 0.25) is 0 Å². The van der Waals surface area contributed by atoms with Crippen LogP contribution in [0.3, 0.4) is 0 Å². The molecule has 0 aliphatic rings. The van der Waals surface area contributed by atoms with Crippen LogP contribution in [0.25, 0.3) is 0 Å². The fourth-order valence-electron chi connectivity index (χ4n) is 1.91. The number of hydrogen-bond donors (Lipinski definition) is 0. The summed E-state index contributed by atoms with van der Waals surface area (Å²) in [6.07, 6.45) is -2.36. The minimum absolute atomic E-state index is 0.191. The van der Waals surface area contributed by atoms with Gasteiger partial charge in [-0.05, 0) is 53.2 Å². The van der Waals surface area contributed by atoms with Crippen LogP contribution in [-0.2, 0) is 12.6 Å². The zero-order valence-electron chi connectivity index (χ0n) is 11.2. The van der Waals surface area contributed by atoms with Crippen molar-refractivity contribution in [3.63, 3.8) is 0 Å².